The molecule has 6 nitrogen and oxygen atoms in total. The Bertz CT molecular complexity index is 983. The molecule has 7 heteroatoms. The van der Waals surface area contributed by atoms with Crippen LogP contribution in [0.4, 0.5) is 9.18 Å². The molecule has 1 fully saturated rings. The molecule has 2 aromatic rings. The van der Waals surface area contributed by atoms with Gasteiger partial charge in [-0.2, -0.15) is 0 Å². The Kier molecular flexibility index (Phi) is 7.64. The van der Waals surface area contributed by atoms with E-state index in [4.69, 9.17) is 9.47 Å². The fourth-order valence-electron chi connectivity index (χ4n) is 3.70. The molecule has 0 bridgehead atoms. The van der Waals surface area contributed by atoms with Crippen molar-refractivity contribution in [2.45, 2.75) is 31.8 Å². The number of ether oxygens (including phenoxy) is 2. The van der Waals surface area contributed by atoms with Crippen LogP contribution in [-0.4, -0.2) is 44.2 Å². The molecule has 1 saturated heterocycles. The van der Waals surface area contributed by atoms with Crippen molar-refractivity contribution in [1.82, 2.24) is 10.2 Å². The van der Waals surface area contributed by atoms with Gasteiger partial charge in [0.15, 0.2) is 0 Å². The van der Waals surface area contributed by atoms with E-state index in [1.165, 1.54) is 19.3 Å². The van der Waals surface area contributed by atoms with Gasteiger partial charge in [0.25, 0.3) is 0 Å². The highest BCUT2D eigenvalue weighted by Crippen LogP contribution is 2.35. The Labute approximate surface area is 188 Å². The minimum absolute atomic E-state index is 0.0396. The summed E-state index contributed by atoms with van der Waals surface area (Å²) in [5.41, 5.74) is 1.60. The number of amides is 1. The van der Waals surface area contributed by atoms with Crippen LogP contribution in [0.2, 0.25) is 0 Å². The molecule has 1 amide bonds. The number of hydrogen-bond donors (Lipinski definition) is 1. The standard InChI is InChI=1S/C25H29FN2O4/c1-25(11-13-28(2)14-12-25)20-10-9-19(21(26)16-20)15-22(23(29)31-3)27-24(30)32-17-18-7-5-4-6-8-18/h4-10,15-16H,11-14,17H2,1-3H3,(H,27,30). The predicted molar refractivity (Wildman–Crippen MR) is 120 cm³/mol. The van der Waals surface area contributed by atoms with Gasteiger partial charge in [-0.25, -0.2) is 14.0 Å². The lowest BCUT2D eigenvalue weighted by atomic mass is 9.74. The molecule has 1 aliphatic rings. The van der Waals surface area contributed by atoms with E-state index >= 15 is 0 Å². The second-order valence-electron chi connectivity index (χ2n) is 8.34. The number of halogens is 1. The minimum Gasteiger partial charge on any atom is -0.464 e. The molecule has 1 aliphatic heterocycles. The zero-order chi connectivity index (χ0) is 23.1. The summed E-state index contributed by atoms with van der Waals surface area (Å²) in [5, 5.41) is 2.36. The van der Waals surface area contributed by atoms with Crippen LogP contribution >= 0.6 is 0 Å². The first-order chi connectivity index (χ1) is 15.3. The number of esters is 1. The van der Waals surface area contributed by atoms with E-state index in [1.807, 2.05) is 36.4 Å². The smallest absolute Gasteiger partial charge is 0.412 e. The number of nitrogens with zero attached hydrogens (tertiary/aromatic N) is 1. The van der Waals surface area contributed by atoms with Crippen molar-refractivity contribution in [3.05, 3.63) is 76.7 Å². The van der Waals surface area contributed by atoms with Crippen molar-refractivity contribution >= 4 is 18.1 Å². The molecule has 0 aromatic heterocycles. The lowest BCUT2D eigenvalue weighted by molar-refractivity contribution is -0.136. The molecule has 0 atom stereocenters. The van der Waals surface area contributed by atoms with Crippen LogP contribution in [0, 0.1) is 5.82 Å². The second kappa shape index (κ2) is 10.4. The molecule has 0 radical (unpaired) electrons. The maximum absolute atomic E-state index is 14.9. The lowest BCUT2D eigenvalue weighted by Crippen LogP contribution is -2.38. The Hall–Kier alpha value is -3.19. The van der Waals surface area contributed by atoms with E-state index in [0.29, 0.717) is 0 Å². The van der Waals surface area contributed by atoms with Crippen LogP contribution in [0.1, 0.15) is 36.5 Å². The van der Waals surface area contributed by atoms with Gasteiger partial charge in [0, 0.05) is 5.56 Å². The van der Waals surface area contributed by atoms with E-state index in [1.54, 1.807) is 6.07 Å². The highest BCUT2D eigenvalue weighted by atomic mass is 19.1. The van der Waals surface area contributed by atoms with E-state index in [2.05, 4.69) is 24.2 Å². The van der Waals surface area contributed by atoms with Gasteiger partial charge in [0.1, 0.15) is 18.1 Å². The van der Waals surface area contributed by atoms with E-state index in [0.717, 1.165) is 37.1 Å². The van der Waals surface area contributed by atoms with Crippen molar-refractivity contribution in [3.8, 4) is 0 Å². The third-order valence-corrected chi connectivity index (χ3v) is 5.94. The summed E-state index contributed by atoms with van der Waals surface area (Å²) in [4.78, 5) is 26.6. The summed E-state index contributed by atoms with van der Waals surface area (Å²) in [6.45, 7) is 4.11. The molecule has 0 saturated carbocycles. The van der Waals surface area contributed by atoms with Gasteiger partial charge >= 0.3 is 12.1 Å². The maximum Gasteiger partial charge on any atom is 0.412 e. The number of methoxy groups -OCH3 is 1. The number of piperidine rings is 1. The summed E-state index contributed by atoms with van der Waals surface area (Å²) in [6, 6.07) is 14.1. The van der Waals surface area contributed by atoms with Crippen LogP contribution in [-0.2, 0) is 26.3 Å². The molecular weight excluding hydrogens is 411 g/mol. The van der Waals surface area contributed by atoms with Crippen LogP contribution in [0.5, 0.6) is 0 Å². The maximum atomic E-state index is 14.9. The normalized spacial score (nSPS) is 16.3. The zero-order valence-electron chi connectivity index (χ0n) is 18.7. The Balaban J connectivity index is 1.74. The molecule has 2 aromatic carbocycles. The highest BCUT2D eigenvalue weighted by molar-refractivity contribution is 5.96. The first-order valence-electron chi connectivity index (χ1n) is 10.6. The van der Waals surface area contributed by atoms with Gasteiger partial charge in [0.2, 0.25) is 0 Å². The molecule has 1 heterocycles. The minimum atomic E-state index is -0.832. The molecule has 0 spiro atoms. The van der Waals surface area contributed by atoms with Gasteiger partial charge < -0.3 is 14.4 Å². The highest BCUT2D eigenvalue weighted by Gasteiger charge is 2.31. The quantitative estimate of drug-likeness (QED) is 0.537. The van der Waals surface area contributed by atoms with Gasteiger partial charge in [-0.3, -0.25) is 5.32 Å². The number of carbonyl (C=O) groups excluding carboxylic acids is 2. The summed E-state index contributed by atoms with van der Waals surface area (Å²) in [5.74, 6) is -1.27. The number of hydrogen-bond acceptors (Lipinski definition) is 5. The third-order valence-electron chi connectivity index (χ3n) is 5.94. The fourth-order valence-corrected chi connectivity index (χ4v) is 3.70. The van der Waals surface area contributed by atoms with E-state index < -0.39 is 17.9 Å². The Morgan fingerprint density at radius 2 is 1.84 bits per heavy atom. The van der Waals surface area contributed by atoms with Crippen LogP contribution in [0.25, 0.3) is 6.08 Å². The summed E-state index contributed by atoms with van der Waals surface area (Å²) < 4.78 is 24.8. The molecule has 0 unspecified atom stereocenters. The van der Waals surface area contributed by atoms with Gasteiger partial charge in [0.05, 0.1) is 7.11 Å². The topological polar surface area (TPSA) is 67.9 Å². The van der Waals surface area contributed by atoms with Crippen LogP contribution in [0.3, 0.4) is 0 Å². The van der Waals surface area contributed by atoms with Gasteiger partial charge in [-0.05, 0) is 61.7 Å². The second-order valence-corrected chi connectivity index (χ2v) is 8.34. The third kappa shape index (κ3) is 5.95. The Morgan fingerprint density at radius 3 is 2.47 bits per heavy atom. The molecule has 1 N–H and O–H groups in total. The molecule has 32 heavy (non-hydrogen) atoms. The number of nitrogens with one attached hydrogen (secondary N) is 1. The van der Waals surface area contributed by atoms with Crippen LogP contribution < -0.4 is 5.32 Å². The molecular formula is C25H29FN2O4. The molecule has 3 rings (SSSR count). The van der Waals surface area contributed by atoms with Gasteiger partial charge in [-0.1, -0.05) is 49.4 Å². The first-order valence-corrected chi connectivity index (χ1v) is 10.6. The average Bonchev–Trinajstić information content (AvgIpc) is 2.80. The summed E-state index contributed by atoms with van der Waals surface area (Å²) in [7, 11) is 3.27. The average molecular weight is 441 g/mol. The molecule has 170 valence electrons. The van der Waals surface area contributed by atoms with Crippen molar-refractivity contribution in [2.75, 3.05) is 27.2 Å². The monoisotopic (exact) mass is 440 g/mol. The molecule has 0 aliphatic carbocycles. The largest absolute Gasteiger partial charge is 0.464 e. The number of carbonyl (C=O) groups is 2. The lowest BCUT2D eigenvalue weighted by Gasteiger charge is -2.38. The van der Waals surface area contributed by atoms with Crippen molar-refractivity contribution < 1.29 is 23.5 Å². The van der Waals surface area contributed by atoms with Crippen molar-refractivity contribution in [1.29, 1.82) is 0 Å². The van der Waals surface area contributed by atoms with E-state index in [-0.39, 0.29) is 23.3 Å². The predicted octanol–water partition coefficient (Wildman–Crippen LogP) is 4.25. The van der Waals surface area contributed by atoms with Crippen molar-refractivity contribution in [3.63, 3.8) is 0 Å². The fraction of sp³-hybridized carbons (Fsp3) is 0.360. The van der Waals surface area contributed by atoms with Crippen LogP contribution in [0.15, 0.2) is 54.2 Å². The zero-order valence-corrected chi connectivity index (χ0v) is 18.7. The SMILES string of the molecule is COC(=O)C(=Cc1ccc(C2(C)CCN(C)CC2)cc1F)NC(=O)OCc1ccccc1. The summed E-state index contributed by atoms with van der Waals surface area (Å²) >= 11 is 0. The van der Waals surface area contributed by atoms with E-state index in [9.17, 15) is 14.0 Å². The summed E-state index contributed by atoms with van der Waals surface area (Å²) in [6.07, 6.45) is 2.31. The number of likely N-dealkylation sites (tertiary alicyclic amines) is 1. The number of alkyl carbamates (subject to hydrolysis) is 1. The van der Waals surface area contributed by atoms with Gasteiger partial charge in [-0.15, -0.1) is 0 Å². The first kappa shape index (κ1) is 23.5. The number of benzene rings is 2. The Morgan fingerprint density at radius 1 is 1.16 bits per heavy atom. The van der Waals surface area contributed by atoms with Crippen molar-refractivity contribution in [2.24, 2.45) is 0 Å². The number of rotatable bonds is 6.